The molecule has 0 unspecified atom stereocenters. The summed E-state index contributed by atoms with van der Waals surface area (Å²) in [7, 11) is 0. The van der Waals surface area contributed by atoms with Crippen LogP contribution in [0.3, 0.4) is 0 Å². The summed E-state index contributed by atoms with van der Waals surface area (Å²) in [4.78, 5) is 0. The van der Waals surface area contributed by atoms with Gasteiger partial charge in [-0.1, -0.05) is 0 Å². The first-order valence-corrected chi connectivity index (χ1v) is 0.200. The van der Waals surface area contributed by atoms with E-state index < -0.39 is 0 Å². The molecule has 0 aromatic heterocycles. The van der Waals surface area contributed by atoms with Gasteiger partial charge in [0.25, 0.3) is 0 Å². The predicted octanol–water partition coefficient (Wildman–Crippen LogP) is -6.76. The molecule has 0 aromatic carbocycles. The maximum atomic E-state index is 6.00. The van der Waals surface area contributed by atoms with E-state index in [9.17, 15) is 0 Å². The summed E-state index contributed by atoms with van der Waals surface area (Å²) in [5, 5.41) is 12.0. The Balaban J connectivity index is -0.000000000179. The van der Waals surface area contributed by atoms with Crippen LogP contribution in [0.5, 0.6) is 0 Å². The van der Waals surface area contributed by atoms with Crippen LogP contribution >= 0.6 is 0 Å². The topological polar surface area (TPSA) is 229 Å². The molecule has 0 aliphatic carbocycles. The molecule has 70 valence electrons. The second kappa shape index (κ2) is 241. The molecule has 0 bridgehead atoms. The van der Waals surface area contributed by atoms with E-state index >= 15 is 0 Å². The fraction of sp³-hybridized carbons (Fsp3) is 0. The Labute approximate surface area is 117 Å². The number of hydrogen-bond donors (Lipinski definition) is 2. The van der Waals surface area contributed by atoms with Crippen molar-refractivity contribution in [3.63, 3.8) is 0 Å². The summed E-state index contributed by atoms with van der Waals surface area (Å²) in [6.45, 7) is 0. The molecule has 10 heteroatoms. The standard InChI is InChI=1S/2Ca.H2O2.6H2O.4H/c;;1-2;;;;;;;;;;/h;;1-2H;6*1H2;;;;. The van der Waals surface area contributed by atoms with Crippen molar-refractivity contribution in [1.82, 2.24) is 0 Å². The predicted molar refractivity (Wildman–Crippen MR) is 44.0 cm³/mol. The van der Waals surface area contributed by atoms with Crippen LogP contribution in [-0.2, 0) is 0 Å². The van der Waals surface area contributed by atoms with Crippen molar-refractivity contribution in [3.05, 3.63) is 0 Å². The van der Waals surface area contributed by atoms with Gasteiger partial charge >= 0.3 is 75.5 Å². The van der Waals surface area contributed by atoms with Gasteiger partial charge in [-0.15, -0.1) is 0 Å². The van der Waals surface area contributed by atoms with E-state index in [2.05, 4.69) is 0 Å². The van der Waals surface area contributed by atoms with Crippen LogP contribution in [0.25, 0.3) is 0 Å². The first-order valence-electron chi connectivity index (χ1n) is 0.200. The zero-order chi connectivity index (χ0) is 2.00. The third-order valence-corrected chi connectivity index (χ3v) is 0. The molecule has 0 spiro atoms. The van der Waals surface area contributed by atoms with Crippen molar-refractivity contribution < 1.29 is 43.4 Å². The molecule has 10 heavy (non-hydrogen) atoms. The van der Waals surface area contributed by atoms with Gasteiger partial charge in [0.05, 0.1) is 0 Å². The van der Waals surface area contributed by atoms with Crippen LogP contribution in [0.2, 0.25) is 0 Å². The average Bonchev–Trinajstić information content (AvgIpc) is 1.00. The molecule has 0 atom stereocenters. The molecule has 8 nitrogen and oxygen atoms in total. The first-order chi connectivity index (χ1) is 1.00. The second-order valence-electron chi connectivity index (χ2n) is 0. The minimum atomic E-state index is 0. The van der Waals surface area contributed by atoms with Gasteiger partial charge in [0, 0.05) is 0 Å². The van der Waals surface area contributed by atoms with Crippen LogP contribution < -0.4 is 0 Å². The van der Waals surface area contributed by atoms with E-state index in [0.717, 1.165) is 0 Å². The molecule has 0 aliphatic rings. The van der Waals surface area contributed by atoms with E-state index in [1.54, 1.807) is 0 Å². The van der Waals surface area contributed by atoms with E-state index in [0.29, 0.717) is 0 Å². The third kappa shape index (κ3) is 178. The van der Waals surface area contributed by atoms with Crippen molar-refractivity contribution in [3.8, 4) is 0 Å². The number of hydrogen-bond acceptors (Lipinski definition) is 2. The Hall–Kier alpha value is 2.20. The molecule has 0 aromatic rings. The summed E-state index contributed by atoms with van der Waals surface area (Å²) in [5.74, 6) is 0. The summed E-state index contributed by atoms with van der Waals surface area (Å²) >= 11 is 0. The van der Waals surface area contributed by atoms with E-state index in [1.807, 2.05) is 0 Å². The first kappa shape index (κ1) is 149. The van der Waals surface area contributed by atoms with Crippen molar-refractivity contribution in [2.24, 2.45) is 0 Å². The molecule has 0 heterocycles. The van der Waals surface area contributed by atoms with Crippen molar-refractivity contribution in [2.75, 3.05) is 0 Å². The Bertz CT molecular complexity index is 7.22. The van der Waals surface area contributed by atoms with Crippen molar-refractivity contribution >= 4 is 75.5 Å². The van der Waals surface area contributed by atoms with E-state index in [1.165, 1.54) is 0 Å². The van der Waals surface area contributed by atoms with Gasteiger partial charge in [-0.25, -0.2) is 0 Å². The van der Waals surface area contributed by atoms with Crippen LogP contribution in [0, 0.1) is 0 Å². The summed E-state index contributed by atoms with van der Waals surface area (Å²) < 4.78 is 0. The SMILES string of the molecule is O.O.O.O.O.O.OO.[CaH2].[CaH2]. The second-order valence-corrected chi connectivity index (χ2v) is 0. The summed E-state index contributed by atoms with van der Waals surface area (Å²) in [6, 6.07) is 0. The van der Waals surface area contributed by atoms with Crippen LogP contribution in [0.1, 0.15) is 0 Å². The molecule has 14 N–H and O–H groups in total. The summed E-state index contributed by atoms with van der Waals surface area (Å²) in [5.41, 5.74) is 0. The zero-order valence-electron chi connectivity index (χ0n) is 3.89. The van der Waals surface area contributed by atoms with Crippen molar-refractivity contribution in [1.29, 1.82) is 0 Å². The van der Waals surface area contributed by atoms with Gasteiger partial charge < -0.3 is 32.9 Å². The third-order valence-electron chi connectivity index (χ3n) is 0. The molecule has 0 aliphatic heterocycles. The number of rotatable bonds is 0. The molecule has 0 amide bonds. The normalized spacial score (nSPS) is 0.600. The molecule has 0 radical (unpaired) electrons. The van der Waals surface area contributed by atoms with Gasteiger partial charge in [-0.2, -0.15) is 0 Å². The quantitative estimate of drug-likeness (QED) is 0.233. The van der Waals surface area contributed by atoms with Gasteiger partial charge in [-0.3, -0.25) is 10.5 Å². The molecule has 0 saturated carbocycles. The minimum absolute atomic E-state index is 0. The Morgan fingerprint density at radius 3 is 0.400 bits per heavy atom. The maximum absolute atomic E-state index is 6.00. The molecule has 0 fully saturated rings. The van der Waals surface area contributed by atoms with E-state index in [4.69, 9.17) is 10.5 Å². The fourth-order valence-electron chi connectivity index (χ4n) is 0. The van der Waals surface area contributed by atoms with Crippen LogP contribution in [0.4, 0.5) is 0 Å². The van der Waals surface area contributed by atoms with Crippen LogP contribution in [0.15, 0.2) is 0 Å². The molecule has 0 rings (SSSR count). The van der Waals surface area contributed by atoms with Gasteiger partial charge in [0.1, 0.15) is 0 Å². The van der Waals surface area contributed by atoms with E-state index in [-0.39, 0.29) is 108 Å². The van der Waals surface area contributed by atoms with Gasteiger partial charge in [0.2, 0.25) is 0 Å². The fourth-order valence-corrected chi connectivity index (χ4v) is 0. The van der Waals surface area contributed by atoms with Crippen LogP contribution in [-0.4, -0.2) is 119 Å². The van der Waals surface area contributed by atoms with Crippen molar-refractivity contribution in [2.45, 2.75) is 0 Å². The van der Waals surface area contributed by atoms with Gasteiger partial charge in [0.15, 0.2) is 0 Å². The monoisotopic (exact) mass is 226 g/mol. The Morgan fingerprint density at radius 2 is 0.400 bits per heavy atom. The molecule has 0 saturated heterocycles. The Morgan fingerprint density at radius 1 is 0.400 bits per heavy atom. The summed E-state index contributed by atoms with van der Waals surface area (Å²) in [6.07, 6.45) is 0. The molecular formula is H18Ca2O8. The average molecular weight is 226 g/mol. The van der Waals surface area contributed by atoms with Gasteiger partial charge in [-0.05, 0) is 0 Å². The molecular weight excluding hydrogens is 208 g/mol. The Kier molecular flexibility index (Phi) is 3600. The zero-order valence-corrected chi connectivity index (χ0v) is 3.89.